The third kappa shape index (κ3) is 2.63. The molecular weight excluding hydrogens is 262 g/mol. The first-order valence-corrected chi connectivity index (χ1v) is 6.81. The van der Waals surface area contributed by atoms with Crippen molar-refractivity contribution in [3.05, 3.63) is 54.1 Å². The van der Waals surface area contributed by atoms with E-state index in [1.807, 2.05) is 43.2 Å². The van der Waals surface area contributed by atoms with Crippen LogP contribution in [0.1, 0.15) is 11.3 Å². The van der Waals surface area contributed by atoms with E-state index in [2.05, 4.69) is 45.6 Å². The molecule has 0 saturated heterocycles. The van der Waals surface area contributed by atoms with E-state index in [-0.39, 0.29) is 0 Å². The van der Waals surface area contributed by atoms with Crippen LogP contribution in [0.5, 0.6) is 0 Å². The fourth-order valence-corrected chi connectivity index (χ4v) is 2.27. The van der Waals surface area contributed by atoms with Gasteiger partial charge in [-0.1, -0.05) is 6.07 Å². The molecule has 2 heterocycles. The molecule has 0 fully saturated rings. The second-order valence-electron chi connectivity index (χ2n) is 4.98. The number of nitrogens with one attached hydrogen (secondary N) is 1. The standard InChI is InChI=1S/C16H17N5/c1-11-8-13(21-9-12(2)18-10-21)4-5-14(11)15-6-7-16(17-3)20-19-15/h4-10H,1-3H3,(H,17,20). The van der Waals surface area contributed by atoms with Gasteiger partial charge in [0.1, 0.15) is 5.82 Å². The summed E-state index contributed by atoms with van der Waals surface area (Å²) in [5, 5.41) is 11.3. The van der Waals surface area contributed by atoms with Gasteiger partial charge in [0.25, 0.3) is 0 Å². The highest BCUT2D eigenvalue weighted by Gasteiger charge is 2.06. The number of hydrogen-bond acceptors (Lipinski definition) is 4. The van der Waals surface area contributed by atoms with Crippen LogP contribution in [-0.2, 0) is 0 Å². The van der Waals surface area contributed by atoms with Gasteiger partial charge in [0.15, 0.2) is 0 Å². The molecule has 0 aliphatic carbocycles. The summed E-state index contributed by atoms with van der Waals surface area (Å²) in [6.07, 6.45) is 3.83. The maximum Gasteiger partial charge on any atom is 0.148 e. The van der Waals surface area contributed by atoms with Crippen LogP contribution in [0, 0.1) is 13.8 Å². The lowest BCUT2D eigenvalue weighted by atomic mass is 10.0. The average molecular weight is 279 g/mol. The van der Waals surface area contributed by atoms with Crippen LogP contribution < -0.4 is 5.32 Å². The Hall–Kier alpha value is -2.69. The highest BCUT2D eigenvalue weighted by atomic mass is 15.2. The summed E-state index contributed by atoms with van der Waals surface area (Å²) in [6, 6.07) is 10.2. The van der Waals surface area contributed by atoms with Gasteiger partial charge in [0.2, 0.25) is 0 Å². The molecule has 1 aromatic carbocycles. The fraction of sp³-hybridized carbons (Fsp3) is 0.188. The molecule has 0 saturated carbocycles. The first-order valence-electron chi connectivity index (χ1n) is 6.81. The third-order valence-corrected chi connectivity index (χ3v) is 3.42. The summed E-state index contributed by atoms with van der Waals surface area (Å²) < 4.78 is 2.02. The van der Waals surface area contributed by atoms with Gasteiger partial charge in [0.05, 0.1) is 17.7 Å². The Kier molecular flexibility index (Phi) is 3.39. The van der Waals surface area contributed by atoms with Crippen molar-refractivity contribution in [2.45, 2.75) is 13.8 Å². The molecule has 21 heavy (non-hydrogen) atoms. The van der Waals surface area contributed by atoms with E-state index in [0.717, 1.165) is 34.0 Å². The molecule has 2 aromatic heterocycles. The van der Waals surface area contributed by atoms with Crippen molar-refractivity contribution in [3.8, 4) is 16.9 Å². The van der Waals surface area contributed by atoms with Gasteiger partial charge in [-0.05, 0) is 43.7 Å². The van der Waals surface area contributed by atoms with Crippen molar-refractivity contribution in [2.24, 2.45) is 0 Å². The fourth-order valence-electron chi connectivity index (χ4n) is 2.27. The molecule has 0 atom stereocenters. The predicted octanol–water partition coefficient (Wildman–Crippen LogP) is 2.99. The molecule has 0 radical (unpaired) electrons. The lowest BCUT2D eigenvalue weighted by molar-refractivity contribution is 1.03. The Bertz CT molecular complexity index is 759. The molecule has 0 aliphatic rings. The van der Waals surface area contributed by atoms with Crippen molar-refractivity contribution >= 4 is 5.82 Å². The molecule has 0 spiro atoms. The summed E-state index contributed by atoms with van der Waals surface area (Å²) in [6.45, 7) is 4.06. The lowest BCUT2D eigenvalue weighted by Gasteiger charge is -2.09. The number of rotatable bonds is 3. The molecule has 3 aromatic rings. The van der Waals surface area contributed by atoms with E-state index in [1.165, 1.54) is 0 Å². The van der Waals surface area contributed by atoms with Crippen molar-refractivity contribution in [2.75, 3.05) is 12.4 Å². The highest BCUT2D eigenvalue weighted by Crippen LogP contribution is 2.24. The van der Waals surface area contributed by atoms with E-state index < -0.39 is 0 Å². The van der Waals surface area contributed by atoms with Gasteiger partial charge < -0.3 is 9.88 Å². The Morgan fingerprint density at radius 1 is 1.05 bits per heavy atom. The number of aromatic nitrogens is 4. The molecular formula is C16H17N5. The molecule has 0 unspecified atom stereocenters. The zero-order chi connectivity index (χ0) is 14.8. The van der Waals surface area contributed by atoms with E-state index in [1.54, 1.807) is 0 Å². The van der Waals surface area contributed by atoms with Crippen molar-refractivity contribution < 1.29 is 0 Å². The van der Waals surface area contributed by atoms with Crippen molar-refractivity contribution in [3.63, 3.8) is 0 Å². The average Bonchev–Trinajstić information content (AvgIpc) is 2.94. The van der Waals surface area contributed by atoms with Gasteiger partial charge in [0, 0.05) is 24.5 Å². The summed E-state index contributed by atoms with van der Waals surface area (Å²) in [7, 11) is 1.83. The van der Waals surface area contributed by atoms with Gasteiger partial charge in [-0.15, -0.1) is 10.2 Å². The minimum absolute atomic E-state index is 0.766. The topological polar surface area (TPSA) is 55.6 Å². The molecule has 0 bridgehead atoms. The van der Waals surface area contributed by atoms with Crippen LogP contribution in [0.4, 0.5) is 5.82 Å². The third-order valence-electron chi connectivity index (χ3n) is 3.42. The van der Waals surface area contributed by atoms with Crippen LogP contribution >= 0.6 is 0 Å². The zero-order valence-corrected chi connectivity index (χ0v) is 12.3. The number of nitrogens with zero attached hydrogens (tertiary/aromatic N) is 4. The Morgan fingerprint density at radius 2 is 1.90 bits per heavy atom. The van der Waals surface area contributed by atoms with Crippen LogP contribution in [0.15, 0.2) is 42.9 Å². The number of aryl methyl sites for hydroxylation is 2. The molecule has 106 valence electrons. The molecule has 3 rings (SSSR count). The summed E-state index contributed by atoms with van der Waals surface area (Å²) in [5.41, 5.74) is 5.22. The number of benzene rings is 1. The van der Waals surface area contributed by atoms with E-state index >= 15 is 0 Å². The minimum atomic E-state index is 0.766. The second-order valence-corrected chi connectivity index (χ2v) is 4.98. The van der Waals surface area contributed by atoms with E-state index in [9.17, 15) is 0 Å². The van der Waals surface area contributed by atoms with E-state index in [0.29, 0.717) is 0 Å². The second kappa shape index (κ2) is 5.36. The Balaban J connectivity index is 1.97. The molecule has 0 aliphatic heterocycles. The quantitative estimate of drug-likeness (QED) is 0.800. The van der Waals surface area contributed by atoms with E-state index in [4.69, 9.17) is 0 Å². The minimum Gasteiger partial charge on any atom is -0.372 e. The van der Waals surface area contributed by atoms with Crippen LogP contribution in [0.25, 0.3) is 16.9 Å². The van der Waals surface area contributed by atoms with Gasteiger partial charge >= 0.3 is 0 Å². The first kappa shape index (κ1) is 13.3. The van der Waals surface area contributed by atoms with Crippen LogP contribution in [0.2, 0.25) is 0 Å². The summed E-state index contributed by atoms with van der Waals surface area (Å²) in [5.74, 6) is 0.766. The maximum atomic E-state index is 4.26. The van der Waals surface area contributed by atoms with Gasteiger partial charge in [-0.25, -0.2) is 4.98 Å². The lowest BCUT2D eigenvalue weighted by Crippen LogP contribution is -1.97. The first-order chi connectivity index (χ1) is 10.2. The Morgan fingerprint density at radius 3 is 2.48 bits per heavy atom. The zero-order valence-electron chi connectivity index (χ0n) is 12.3. The van der Waals surface area contributed by atoms with Gasteiger partial charge in [-0.3, -0.25) is 0 Å². The Labute approximate surface area is 123 Å². The maximum absolute atomic E-state index is 4.26. The largest absolute Gasteiger partial charge is 0.372 e. The molecule has 0 amide bonds. The monoisotopic (exact) mass is 279 g/mol. The number of hydrogen-bond donors (Lipinski definition) is 1. The summed E-state index contributed by atoms with van der Waals surface area (Å²) >= 11 is 0. The number of anilines is 1. The molecule has 5 nitrogen and oxygen atoms in total. The SMILES string of the molecule is CNc1ccc(-c2ccc(-n3cnc(C)c3)cc2C)nn1. The summed E-state index contributed by atoms with van der Waals surface area (Å²) in [4.78, 5) is 4.26. The predicted molar refractivity (Wildman–Crippen MR) is 83.6 cm³/mol. The van der Waals surface area contributed by atoms with Crippen LogP contribution in [0.3, 0.4) is 0 Å². The molecule has 1 N–H and O–H groups in total. The van der Waals surface area contributed by atoms with Crippen molar-refractivity contribution in [1.29, 1.82) is 0 Å². The van der Waals surface area contributed by atoms with Crippen LogP contribution in [-0.4, -0.2) is 26.8 Å². The van der Waals surface area contributed by atoms with Crippen molar-refractivity contribution in [1.82, 2.24) is 19.7 Å². The smallest absolute Gasteiger partial charge is 0.148 e. The van der Waals surface area contributed by atoms with Gasteiger partial charge in [-0.2, -0.15) is 0 Å². The molecule has 5 heteroatoms. The number of imidazole rings is 1. The highest BCUT2D eigenvalue weighted by molar-refractivity contribution is 5.65. The normalized spacial score (nSPS) is 10.6.